The van der Waals surface area contributed by atoms with E-state index >= 15 is 0 Å². The second-order valence-electron chi connectivity index (χ2n) is 3.99. The van der Waals surface area contributed by atoms with Gasteiger partial charge in [-0.15, -0.1) is 0 Å². The molecule has 0 saturated heterocycles. The first-order chi connectivity index (χ1) is 9.49. The number of amides is 2. The van der Waals surface area contributed by atoms with E-state index in [9.17, 15) is 14.4 Å². The summed E-state index contributed by atoms with van der Waals surface area (Å²) in [5, 5.41) is 21.8. The minimum absolute atomic E-state index is 0.301. The fraction of sp³-hybridized carbons (Fsp3) is 0.333. The van der Waals surface area contributed by atoms with Crippen molar-refractivity contribution in [3.63, 3.8) is 0 Å². The van der Waals surface area contributed by atoms with Gasteiger partial charge in [0.2, 0.25) is 0 Å². The van der Waals surface area contributed by atoms with Crippen molar-refractivity contribution in [2.45, 2.75) is 18.9 Å². The molecule has 0 saturated carbocycles. The Balaban J connectivity index is 2.35. The van der Waals surface area contributed by atoms with Gasteiger partial charge in [0.15, 0.2) is 0 Å². The van der Waals surface area contributed by atoms with Crippen LogP contribution in [0, 0.1) is 0 Å². The molecule has 8 nitrogen and oxygen atoms in total. The van der Waals surface area contributed by atoms with E-state index in [1.54, 1.807) is 24.5 Å². The fourth-order valence-electron chi connectivity index (χ4n) is 1.45. The number of carbonyl (C=O) groups is 3. The van der Waals surface area contributed by atoms with Crippen LogP contribution in [0.1, 0.15) is 12.0 Å². The van der Waals surface area contributed by atoms with Crippen molar-refractivity contribution in [1.82, 2.24) is 15.6 Å². The zero-order valence-electron chi connectivity index (χ0n) is 10.6. The van der Waals surface area contributed by atoms with Crippen molar-refractivity contribution in [2.24, 2.45) is 0 Å². The lowest BCUT2D eigenvalue weighted by Crippen LogP contribution is -2.47. The number of rotatable bonds is 7. The van der Waals surface area contributed by atoms with E-state index in [-0.39, 0.29) is 0 Å². The van der Waals surface area contributed by atoms with E-state index in [2.05, 4.69) is 15.6 Å². The highest BCUT2D eigenvalue weighted by atomic mass is 16.4. The molecule has 1 rings (SSSR count). The van der Waals surface area contributed by atoms with Crippen LogP contribution < -0.4 is 10.6 Å². The maximum absolute atomic E-state index is 11.4. The van der Waals surface area contributed by atoms with Crippen LogP contribution in [0.2, 0.25) is 0 Å². The van der Waals surface area contributed by atoms with Gasteiger partial charge in [0.25, 0.3) is 0 Å². The summed E-state index contributed by atoms with van der Waals surface area (Å²) in [6.07, 6.45) is 3.14. The highest BCUT2D eigenvalue weighted by molar-refractivity contribution is 5.86. The normalized spacial score (nSPS) is 11.4. The molecule has 1 heterocycles. The van der Waals surface area contributed by atoms with E-state index in [1.165, 1.54) is 0 Å². The summed E-state index contributed by atoms with van der Waals surface area (Å²) in [4.78, 5) is 36.5. The van der Waals surface area contributed by atoms with Crippen LogP contribution in [0.15, 0.2) is 24.5 Å². The molecule has 0 spiro atoms. The average molecular weight is 281 g/mol. The van der Waals surface area contributed by atoms with Gasteiger partial charge in [-0.2, -0.15) is 0 Å². The van der Waals surface area contributed by atoms with Crippen LogP contribution in [-0.2, 0) is 16.0 Å². The van der Waals surface area contributed by atoms with E-state index in [0.29, 0.717) is 13.0 Å². The molecule has 0 bridgehead atoms. The zero-order chi connectivity index (χ0) is 15.0. The summed E-state index contributed by atoms with van der Waals surface area (Å²) in [6.45, 7) is 0.301. The topological polar surface area (TPSA) is 129 Å². The van der Waals surface area contributed by atoms with Crippen molar-refractivity contribution in [3.8, 4) is 0 Å². The number of aliphatic carboxylic acids is 2. The van der Waals surface area contributed by atoms with Crippen molar-refractivity contribution in [2.75, 3.05) is 6.54 Å². The van der Waals surface area contributed by atoms with E-state index in [4.69, 9.17) is 10.2 Å². The standard InChI is InChI=1S/C12H15N3O5/c16-10(17)7-9(11(18)19)15-12(20)14-6-3-8-1-4-13-5-2-8/h1-2,4-5,9H,3,6-7H2,(H,16,17)(H,18,19)(H2,14,15,20)/t9-/m0/s1. The minimum Gasteiger partial charge on any atom is -0.481 e. The second kappa shape index (κ2) is 7.72. The van der Waals surface area contributed by atoms with E-state index < -0.39 is 30.4 Å². The van der Waals surface area contributed by atoms with Crippen LogP contribution in [0.5, 0.6) is 0 Å². The molecule has 4 N–H and O–H groups in total. The Bertz CT molecular complexity index is 477. The monoisotopic (exact) mass is 281 g/mol. The highest BCUT2D eigenvalue weighted by Gasteiger charge is 2.22. The van der Waals surface area contributed by atoms with Gasteiger partial charge in [0.1, 0.15) is 6.04 Å². The van der Waals surface area contributed by atoms with Gasteiger partial charge in [0, 0.05) is 18.9 Å². The smallest absolute Gasteiger partial charge is 0.326 e. The molecule has 0 aliphatic carbocycles. The maximum atomic E-state index is 11.4. The van der Waals surface area contributed by atoms with Gasteiger partial charge in [-0.25, -0.2) is 9.59 Å². The molecule has 0 aliphatic heterocycles. The predicted octanol–water partition coefficient (Wildman–Crippen LogP) is -0.149. The summed E-state index contributed by atoms with van der Waals surface area (Å²) in [5.41, 5.74) is 0.973. The number of pyridine rings is 1. The molecule has 1 aromatic heterocycles. The Morgan fingerprint density at radius 3 is 2.40 bits per heavy atom. The number of carboxylic acids is 2. The first-order valence-corrected chi connectivity index (χ1v) is 5.87. The number of nitrogens with one attached hydrogen (secondary N) is 2. The zero-order valence-corrected chi connectivity index (χ0v) is 10.6. The molecule has 2 amide bonds. The number of hydrogen-bond donors (Lipinski definition) is 4. The van der Waals surface area contributed by atoms with Crippen LogP contribution in [0.4, 0.5) is 4.79 Å². The maximum Gasteiger partial charge on any atom is 0.326 e. The minimum atomic E-state index is -1.45. The van der Waals surface area contributed by atoms with E-state index in [0.717, 1.165) is 5.56 Å². The Morgan fingerprint density at radius 1 is 1.20 bits per heavy atom. The second-order valence-corrected chi connectivity index (χ2v) is 3.99. The highest BCUT2D eigenvalue weighted by Crippen LogP contribution is 1.96. The van der Waals surface area contributed by atoms with Gasteiger partial charge in [-0.3, -0.25) is 9.78 Å². The van der Waals surface area contributed by atoms with Gasteiger partial charge < -0.3 is 20.8 Å². The quantitative estimate of drug-likeness (QED) is 0.550. The molecule has 108 valence electrons. The van der Waals surface area contributed by atoms with Crippen LogP contribution in [0.25, 0.3) is 0 Å². The van der Waals surface area contributed by atoms with Crippen LogP contribution in [0.3, 0.4) is 0 Å². The lowest BCUT2D eigenvalue weighted by Gasteiger charge is -2.13. The summed E-state index contributed by atoms with van der Waals surface area (Å²) >= 11 is 0. The molecule has 0 aliphatic rings. The summed E-state index contributed by atoms with van der Waals surface area (Å²) in [7, 11) is 0. The molecule has 0 radical (unpaired) electrons. The molecular formula is C12H15N3O5. The number of carboxylic acid groups (broad SMARTS) is 2. The Kier molecular flexibility index (Phi) is 5.95. The third kappa shape index (κ3) is 5.80. The number of hydrogen-bond acceptors (Lipinski definition) is 4. The van der Waals surface area contributed by atoms with Crippen molar-refractivity contribution in [3.05, 3.63) is 30.1 Å². The molecule has 0 fully saturated rings. The van der Waals surface area contributed by atoms with Gasteiger partial charge in [-0.05, 0) is 24.1 Å². The number of carbonyl (C=O) groups excluding carboxylic acids is 1. The average Bonchev–Trinajstić information content (AvgIpc) is 2.38. The Hall–Kier alpha value is -2.64. The first-order valence-electron chi connectivity index (χ1n) is 5.87. The fourth-order valence-corrected chi connectivity index (χ4v) is 1.45. The molecule has 1 aromatic rings. The van der Waals surface area contributed by atoms with Crippen molar-refractivity contribution < 1.29 is 24.6 Å². The predicted molar refractivity (Wildman–Crippen MR) is 68.2 cm³/mol. The molecule has 0 aromatic carbocycles. The van der Waals surface area contributed by atoms with Gasteiger partial charge in [-0.1, -0.05) is 0 Å². The lowest BCUT2D eigenvalue weighted by atomic mass is 10.2. The number of nitrogens with zero attached hydrogens (tertiary/aromatic N) is 1. The molecule has 8 heteroatoms. The van der Waals surface area contributed by atoms with Crippen molar-refractivity contribution in [1.29, 1.82) is 0 Å². The lowest BCUT2D eigenvalue weighted by molar-refractivity contribution is -0.145. The first kappa shape index (κ1) is 15.4. The van der Waals surface area contributed by atoms with Crippen molar-refractivity contribution >= 4 is 18.0 Å². The summed E-state index contributed by atoms with van der Waals surface area (Å²) in [6, 6.07) is 1.43. The molecule has 0 unspecified atom stereocenters. The molecular weight excluding hydrogens is 266 g/mol. The molecule has 1 atom stereocenters. The number of aromatic nitrogens is 1. The van der Waals surface area contributed by atoms with Crippen LogP contribution in [-0.4, -0.2) is 45.8 Å². The third-order valence-corrected chi connectivity index (χ3v) is 2.43. The van der Waals surface area contributed by atoms with Crippen LogP contribution >= 0.6 is 0 Å². The summed E-state index contributed by atoms with van der Waals surface area (Å²) in [5.74, 6) is -2.69. The summed E-state index contributed by atoms with van der Waals surface area (Å²) < 4.78 is 0. The Labute approximate surface area is 114 Å². The largest absolute Gasteiger partial charge is 0.481 e. The SMILES string of the molecule is O=C(O)C[C@H](NC(=O)NCCc1ccncc1)C(=O)O. The van der Waals surface area contributed by atoms with Gasteiger partial charge >= 0.3 is 18.0 Å². The third-order valence-electron chi connectivity index (χ3n) is 2.43. The number of urea groups is 1. The van der Waals surface area contributed by atoms with E-state index in [1.807, 2.05) is 0 Å². The van der Waals surface area contributed by atoms with Gasteiger partial charge in [0.05, 0.1) is 6.42 Å². The Morgan fingerprint density at radius 2 is 1.85 bits per heavy atom. The molecule has 20 heavy (non-hydrogen) atoms.